The lowest BCUT2D eigenvalue weighted by atomic mass is 9.99. The lowest BCUT2D eigenvalue weighted by Gasteiger charge is -2.19. The molecule has 1 heterocycles. The molecule has 0 radical (unpaired) electrons. The van der Waals surface area contributed by atoms with Crippen LogP contribution >= 0.6 is 0 Å². The number of fused-ring (bicyclic) bond motifs is 2. The van der Waals surface area contributed by atoms with Crippen LogP contribution in [0.1, 0.15) is 24.4 Å². The van der Waals surface area contributed by atoms with Gasteiger partial charge >= 0.3 is 6.18 Å². The number of hydrogen-bond acceptors (Lipinski definition) is 3. The van der Waals surface area contributed by atoms with Crippen molar-refractivity contribution in [3.8, 4) is 0 Å². The van der Waals surface area contributed by atoms with Gasteiger partial charge in [0.1, 0.15) is 5.82 Å². The summed E-state index contributed by atoms with van der Waals surface area (Å²) in [6, 6.07) is 20.3. The second-order valence-corrected chi connectivity index (χ2v) is 6.35. The van der Waals surface area contributed by atoms with Gasteiger partial charge in [0.2, 0.25) is 5.82 Å². The molecule has 4 rings (SSSR count). The number of halogens is 3. The van der Waals surface area contributed by atoms with E-state index < -0.39 is 12.0 Å². The van der Waals surface area contributed by atoms with Crippen LogP contribution in [0.15, 0.2) is 66.7 Å². The molecule has 27 heavy (non-hydrogen) atoms. The molecule has 0 unspecified atom stereocenters. The molecule has 0 spiro atoms. The highest BCUT2D eigenvalue weighted by Crippen LogP contribution is 2.32. The Hall–Kier alpha value is -3.15. The Morgan fingerprint density at radius 1 is 0.815 bits per heavy atom. The zero-order chi connectivity index (χ0) is 19.0. The number of benzene rings is 3. The highest BCUT2D eigenvalue weighted by molar-refractivity contribution is 5.90. The zero-order valence-electron chi connectivity index (χ0n) is 14.5. The number of rotatable bonds is 3. The molecule has 0 amide bonds. The van der Waals surface area contributed by atoms with E-state index in [4.69, 9.17) is 0 Å². The van der Waals surface area contributed by atoms with Crippen LogP contribution < -0.4 is 5.32 Å². The summed E-state index contributed by atoms with van der Waals surface area (Å²) in [5.41, 5.74) is 1.25. The monoisotopic (exact) mass is 367 g/mol. The molecule has 0 bridgehead atoms. The molecule has 3 aromatic carbocycles. The Balaban J connectivity index is 1.80. The predicted molar refractivity (Wildman–Crippen MR) is 101 cm³/mol. The minimum Gasteiger partial charge on any atom is -0.363 e. The summed E-state index contributed by atoms with van der Waals surface area (Å²) in [4.78, 5) is 7.43. The average Bonchev–Trinajstić information content (AvgIpc) is 2.66. The number of nitrogens with zero attached hydrogens (tertiary/aromatic N) is 2. The Morgan fingerprint density at radius 3 is 2.26 bits per heavy atom. The van der Waals surface area contributed by atoms with Crippen LogP contribution in [0.3, 0.4) is 0 Å². The molecule has 4 aromatic rings. The first-order valence-corrected chi connectivity index (χ1v) is 8.51. The molecule has 1 atom stereocenters. The van der Waals surface area contributed by atoms with E-state index in [1.165, 1.54) is 0 Å². The van der Waals surface area contributed by atoms with Gasteiger partial charge in [-0.3, -0.25) is 0 Å². The van der Waals surface area contributed by atoms with Gasteiger partial charge in [0.25, 0.3) is 0 Å². The van der Waals surface area contributed by atoms with Crippen molar-refractivity contribution >= 4 is 27.5 Å². The largest absolute Gasteiger partial charge is 0.451 e. The van der Waals surface area contributed by atoms with Crippen molar-refractivity contribution < 1.29 is 13.2 Å². The van der Waals surface area contributed by atoms with Crippen LogP contribution in [0.25, 0.3) is 21.7 Å². The van der Waals surface area contributed by atoms with E-state index in [1.54, 1.807) is 24.3 Å². The lowest BCUT2D eigenvalue weighted by Crippen LogP contribution is -2.15. The molecule has 1 N–H and O–H groups in total. The summed E-state index contributed by atoms with van der Waals surface area (Å²) < 4.78 is 39.6. The standard InChI is InChI=1S/C21H16F3N3/c1-13(15-11-6-8-14-7-2-3-9-16(14)15)25-19-17-10-4-5-12-18(17)26-20(27-19)21(22,23)24/h2-13H,1H3,(H,25,26,27)/t13-/m0/s1. The molecule has 0 aliphatic heterocycles. The molecule has 3 nitrogen and oxygen atoms in total. The fourth-order valence-electron chi connectivity index (χ4n) is 3.22. The first-order chi connectivity index (χ1) is 12.9. The fraction of sp³-hybridized carbons (Fsp3) is 0.143. The van der Waals surface area contributed by atoms with Crippen LogP contribution in [0.5, 0.6) is 0 Å². The Kier molecular flexibility index (Phi) is 4.18. The topological polar surface area (TPSA) is 37.8 Å². The quantitative estimate of drug-likeness (QED) is 0.484. The van der Waals surface area contributed by atoms with Crippen LogP contribution in [0.2, 0.25) is 0 Å². The van der Waals surface area contributed by atoms with Crippen molar-refractivity contribution in [2.24, 2.45) is 0 Å². The Bertz CT molecular complexity index is 1120. The van der Waals surface area contributed by atoms with Gasteiger partial charge < -0.3 is 5.32 Å². The smallest absolute Gasteiger partial charge is 0.363 e. The second-order valence-electron chi connectivity index (χ2n) is 6.35. The summed E-state index contributed by atoms with van der Waals surface area (Å²) in [7, 11) is 0. The second kappa shape index (κ2) is 6.54. The molecule has 0 aliphatic rings. The molecule has 0 fully saturated rings. The third kappa shape index (κ3) is 3.30. The van der Waals surface area contributed by atoms with E-state index in [0.717, 1.165) is 16.3 Å². The third-order valence-corrected chi connectivity index (χ3v) is 4.50. The van der Waals surface area contributed by atoms with Crippen molar-refractivity contribution in [2.75, 3.05) is 5.32 Å². The van der Waals surface area contributed by atoms with Gasteiger partial charge in [-0.25, -0.2) is 9.97 Å². The first-order valence-electron chi connectivity index (χ1n) is 8.51. The molecule has 0 saturated heterocycles. The highest BCUT2D eigenvalue weighted by Gasteiger charge is 2.35. The van der Waals surface area contributed by atoms with Gasteiger partial charge in [-0.15, -0.1) is 0 Å². The normalized spacial score (nSPS) is 13.0. The molecule has 0 saturated carbocycles. The van der Waals surface area contributed by atoms with Crippen LogP contribution in [0.4, 0.5) is 19.0 Å². The molecular formula is C21H16F3N3. The Morgan fingerprint density at radius 2 is 1.48 bits per heavy atom. The minimum absolute atomic E-state index is 0.174. The average molecular weight is 367 g/mol. The minimum atomic E-state index is -4.61. The third-order valence-electron chi connectivity index (χ3n) is 4.50. The van der Waals surface area contributed by atoms with Crippen LogP contribution in [-0.2, 0) is 6.18 Å². The van der Waals surface area contributed by atoms with E-state index in [-0.39, 0.29) is 17.4 Å². The SMILES string of the molecule is C[C@H](Nc1nc(C(F)(F)F)nc2ccccc12)c1cccc2ccccc12. The number of hydrogen-bond donors (Lipinski definition) is 1. The zero-order valence-corrected chi connectivity index (χ0v) is 14.5. The van der Waals surface area contributed by atoms with E-state index in [1.807, 2.05) is 49.4 Å². The van der Waals surface area contributed by atoms with Gasteiger partial charge in [0, 0.05) is 5.39 Å². The first kappa shape index (κ1) is 17.3. The van der Waals surface area contributed by atoms with Gasteiger partial charge in [-0.1, -0.05) is 54.6 Å². The van der Waals surface area contributed by atoms with Crippen molar-refractivity contribution in [1.29, 1.82) is 0 Å². The number of aromatic nitrogens is 2. The summed E-state index contributed by atoms with van der Waals surface area (Å²) in [5, 5.41) is 5.83. The fourth-order valence-corrected chi connectivity index (χ4v) is 3.22. The van der Waals surface area contributed by atoms with E-state index in [0.29, 0.717) is 5.39 Å². The molecule has 6 heteroatoms. The molecular weight excluding hydrogens is 351 g/mol. The number of para-hydroxylation sites is 1. The molecule has 136 valence electrons. The van der Waals surface area contributed by atoms with E-state index in [2.05, 4.69) is 15.3 Å². The van der Waals surface area contributed by atoms with Gasteiger partial charge in [0.15, 0.2) is 0 Å². The van der Waals surface area contributed by atoms with E-state index >= 15 is 0 Å². The molecule has 1 aromatic heterocycles. The van der Waals surface area contributed by atoms with Crippen molar-refractivity contribution in [1.82, 2.24) is 9.97 Å². The maximum absolute atomic E-state index is 13.2. The number of anilines is 1. The summed E-state index contributed by atoms with van der Waals surface area (Å²) in [5.74, 6) is -0.970. The lowest BCUT2D eigenvalue weighted by molar-refractivity contribution is -0.144. The predicted octanol–water partition coefficient (Wildman–Crippen LogP) is 5.97. The number of alkyl halides is 3. The Labute approximate surface area is 153 Å². The van der Waals surface area contributed by atoms with Crippen LogP contribution in [0, 0.1) is 0 Å². The molecule has 0 aliphatic carbocycles. The summed E-state index contributed by atoms with van der Waals surface area (Å²) >= 11 is 0. The van der Waals surface area contributed by atoms with Gasteiger partial charge in [-0.2, -0.15) is 13.2 Å². The highest BCUT2D eigenvalue weighted by atomic mass is 19.4. The van der Waals surface area contributed by atoms with Crippen LogP contribution in [-0.4, -0.2) is 9.97 Å². The van der Waals surface area contributed by atoms with Crippen molar-refractivity contribution in [3.63, 3.8) is 0 Å². The maximum Gasteiger partial charge on any atom is 0.451 e. The van der Waals surface area contributed by atoms with Crippen molar-refractivity contribution in [2.45, 2.75) is 19.1 Å². The number of nitrogens with one attached hydrogen (secondary N) is 1. The van der Waals surface area contributed by atoms with E-state index in [9.17, 15) is 13.2 Å². The maximum atomic E-state index is 13.2. The summed E-state index contributed by atoms with van der Waals surface area (Å²) in [6.07, 6.45) is -4.61. The van der Waals surface area contributed by atoms with Gasteiger partial charge in [-0.05, 0) is 35.4 Å². The summed E-state index contributed by atoms with van der Waals surface area (Å²) in [6.45, 7) is 1.91. The van der Waals surface area contributed by atoms with Crippen molar-refractivity contribution in [3.05, 3.63) is 78.1 Å². The van der Waals surface area contributed by atoms with Gasteiger partial charge in [0.05, 0.1) is 11.6 Å².